The van der Waals surface area contributed by atoms with Crippen molar-refractivity contribution in [2.45, 2.75) is 46.1 Å². The van der Waals surface area contributed by atoms with E-state index in [-0.39, 0.29) is 5.54 Å². The highest BCUT2D eigenvalue weighted by Crippen LogP contribution is 2.35. The summed E-state index contributed by atoms with van der Waals surface area (Å²) in [6.07, 6.45) is 2.50. The summed E-state index contributed by atoms with van der Waals surface area (Å²) in [5.74, 6) is 0. The summed E-state index contributed by atoms with van der Waals surface area (Å²) in [6.45, 7) is 10.2. The minimum Gasteiger partial charge on any atom is -0.236 e. The van der Waals surface area contributed by atoms with Gasteiger partial charge in [-0.3, -0.25) is 0 Å². The van der Waals surface area contributed by atoms with Crippen LogP contribution in [-0.2, 0) is 0 Å². The summed E-state index contributed by atoms with van der Waals surface area (Å²) >= 11 is 0. The van der Waals surface area contributed by atoms with Gasteiger partial charge < -0.3 is 0 Å². The van der Waals surface area contributed by atoms with E-state index in [9.17, 15) is 0 Å². The molecule has 0 aromatic carbocycles. The quantitative estimate of drug-likeness (QED) is 0.489. The molecule has 0 saturated carbocycles. The Hall–Kier alpha value is -0.0400. The Labute approximate surface area is 64.2 Å². The molecular weight excluding hydrogens is 122 g/mol. The largest absolute Gasteiger partial charge is 0.236 e. The van der Waals surface area contributed by atoms with Gasteiger partial charge in [-0.1, -0.05) is 13.8 Å². The molecule has 1 nitrogen and oxygen atoms in total. The fraction of sp³-hybridized carbons (Fsp3) is 1.00. The zero-order valence-electron chi connectivity index (χ0n) is 7.57. The molecule has 1 fully saturated rings. The maximum absolute atomic E-state index is 4.56. The number of rotatable bonds is 0. The maximum atomic E-state index is 4.56. The van der Waals surface area contributed by atoms with Gasteiger partial charge in [-0.25, -0.2) is 5.32 Å². The first-order valence-electron chi connectivity index (χ1n) is 4.10. The molecule has 1 aliphatic heterocycles. The lowest BCUT2D eigenvalue weighted by Gasteiger charge is -2.40. The molecule has 1 aliphatic rings. The second-order valence-electron chi connectivity index (χ2n) is 4.79. The van der Waals surface area contributed by atoms with Gasteiger partial charge in [0.15, 0.2) is 0 Å². The van der Waals surface area contributed by atoms with E-state index in [1.807, 2.05) is 0 Å². The third-order valence-electron chi connectivity index (χ3n) is 2.24. The molecule has 1 heterocycles. The van der Waals surface area contributed by atoms with Crippen LogP contribution in [0.1, 0.15) is 40.5 Å². The Kier molecular flexibility index (Phi) is 1.80. The first-order chi connectivity index (χ1) is 4.41. The third-order valence-corrected chi connectivity index (χ3v) is 2.24. The minimum absolute atomic E-state index is 0.238. The first-order valence-corrected chi connectivity index (χ1v) is 4.10. The molecule has 59 valence electrons. The topological polar surface area (TPSA) is 14.1 Å². The molecule has 0 bridgehead atoms. The molecule has 0 amide bonds. The summed E-state index contributed by atoms with van der Waals surface area (Å²) in [5, 5.41) is 4.56. The van der Waals surface area contributed by atoms with Crippen LogP contribution in [0.15, 0.2) is 0 Å². The molecule has 0 unspecified atom stereocenters. The summed E-state index contributed by atoms with van der Waals surface area (Å²) < 4.78 is 0. The molecule has 1 radical (unpaired) electrons. The van der Waals surface area contributed by atoms with E-state index in [1.54, 1.807) is 0 Å². The van der Waals surface area contributed by atoms with Crippen molar-refractivity contribution in [2.24, 2.45) is 5.41 Å². The predicted molar refractivity (Wildman–Crippen MR) is 44.1 cm³/mol. The highest BCUT2D eigenvalue weighted by molar-refractivity contribution is 4.89. The number of hydrogen-bond acceptors (Lipinski definition) is 0. The van der Waals surface area contributed by atoms with E-state index in [4.69, 9.17) is 0 Å². The van der Waals surface area contributed by atoms with Gasteiger partial charge in [-0.2, -0.15) is 0 Å². The number of nitrogens with zero attached hydrogens (tertiary/aromatic N) is 1. The van der Waals surface area contributed by atoms with Crippen LogP contribution in [0.3, 0.4) is 0 Å². The Morgan fingerprint density at radius 2 is 1.70 bits per heavy atom. The Bertz CT molecular complexity index is 111. The van der Waals surface area contributed by atoms with E-state index in [0.29, 0.717) is 5.41 Å². The van der Waals surface area contributed by atoms with Gasteiger partial charge in [-0.15, -0.1) is 0 Å². The van der Waals surface area contributed by atoms with Crippen molar-refractivity contribution < 1.29 is 0 Å². The van der Waals surface area contributed by atoms with Crippen LogP contribution in [0.25, 0.3) is 0 Å². The van der Waals surface area contributed by atoms with Crippen LogP contribution in [0.4, 0.5) is 0 Å². The molecule has 0 aliphatic carbocycles. The maximum Gasteiger partial charge on any atom is 0.0305 e. The van der Waals surface area contributed by atoms with E-state index in [2.05, 4.69) is 33.0 Å². The lowest BCUT2D eigenvalue weighted by Crippen LogP contribution is -2.44. The molecule has 0 aromatic rings. The van der Waals surface area contributed by atoms with Gasteiger partial charge in [-0.05, 0) is 32.1 Å². The lowest BCUT2D eigenvalue weighted by atomic mass is 9.75. The van der Waals surface area contributed by atoms with Crippen molar-refractivity contribution >= 4 is 0 Å². The van der Waals surface area contributed by atoms with E-state index >= 15 is 0 Å². The highest BCUT2D eigenvalue weighted by atomic mass is 15.0. The van der Waals surface area contributed by atoms with Gasteiger partial charge in [0, 0.05) is 12.1 Å². The zero-order valence-corrected chi connectivity index (χ0v) is 7.57. The van der Waals surface area contributed by atoms with Crippen molar-refractivity contribution in [3.63, 3.8) is 0 Å². The van der Waals surface area contributed by atoms with Gasteiger partial charge >= 0.3 is 0 Å². The van der Waals surface area contributed by atoms with Gasteiger partial charge in [0.05, 0.1) is 0 Å². The molecule has 1 heteroatoms. The lowest BCUT2D eigenvalue weighted by molar-refractivity contribution is 0.153. The Morgan fingerprint density at radius 1 is 1.10 bits per heavy atom. The van der Waals surface area contributed by atoms with Gasteiger partial charge in [0.2, 0.25) is 0 Å². The molecule has 0 N–H and O–H groups in total. The molecular formula is C9H18N. The fourth-order valence-electron chi connectivity index (χ4n) is 1.98. The predicted octanol–water partition coefficient (Wildman–Crippen LogP) is 2.19. The molecule has 10 heavy (non-hydrogen) atoms. The van der Waals surface area contributed by atoms with Crippen molar-refractivity contribution in [2.75, 3.05) is 6.54 Å². The van der Waals surface area contributed by atoms with Crippen LogP contribution in [0.5, 0.6) is 0 Å². The Balaban J connectivity index is 2.56. The summed E-state index contributed by atoms with van der Waals surface area (Å²) in [4.78, 5) is 0. The van der Waals surface area contributed by atoms with Crippen LogP contribution < -0.4 is 5.32 Å². The first kappa shape index (κ1) is 8.06. The SMILES string of the molecule is CC1(C)CC[N]C(C)(C)C1. The second-order valence-corrected chi connectivity index (χ2v) is 4.79. The van der Waals surface area contributed by atoms with E-state index in [1.165, 1.54) is 12.8 Å². The Morgan fingerprint density at radius 3 is 2.00 bits per heavy atom. The number of piperidine rings is 1. The minimum atomic E-state index is 0.238. The fourth-order valence-corrected chi connectivity index (χ4v) is 1.98. The van der Waals surface area contributed by atoms with E-state index in [0.717, 1.165) is 6.54 Å². The van der Waals surface area contributed by atoms with Crippen LogP contribution in [0, 0.1) is 5.41 Å². The zero-order chi connectivity index (χ0) is 7.83. The molecule has 0 atom stereocenters. The normalized spacial score (nSPS) is 30.0. The molecule has 0 aromatic heterocycles. The standard InChI is InChI=1S/C9H18N/c1-8(2)5-6-10-9(3,4)7-8/h5-7H2,1-4H3. The van der Waals surface area contributed by atoms with Crippen molar-refractivity contribution in [1.29, 1.82) is 0 Å². The summed E-state index contributed by atoms with van der Waals surface area (Å²) in [5.41, 5.74) is 0.757. The molecule has 1 saturated heterocycles. The molecule has 1 rings (SSSR count). The smallest absolute Gasteiger partial charge is 0.0305 e. The average molecular weight is 140 g/mol. The highest BCUT2D eigenvalue weighted by Gasteiger charge is 2.33. The second kappa shape index (κ2) is 2.23. The van der Waals surface area contributed by atoms with Crippen LogP contribution >= 0.6 is 0 Å². The van der Waals surface area contributed by atoms with Crippen molar-refractivity contribution in [3.8, 4) is 0 Å². The third kappa shape index (κ3) is 1.98. The monoisotopic (exact) mass is 140 g/mol. The summed E-state index contributed by atoms with van der Waals surface area (Å²) in [7, 11) is 0. The van der Waals surface area contributed by atoms with Gasteiger partial charge in [0.25, 0.3) is 0 Å². The van der Waals surface area contributed by atoms with Crippen molar-refractivity contribution in [3.05, 3.63) is 0 Å². The number of hydrogen-bond donors (Lipinski definition) is 0. The molecule has 0 spiro atoms. The van der Waals surface area contributed by atoms with Gasteiger partial charge in [0.1, 0.15) is 0 Å². The van der Waals surface area contributed by atoms with E-state index < -0.39 is 0 Å². The average Bonchev–Trinajstić information content (AvgIpc) is 1.56. The van der Waals surface area contributed by atoms with Crippen LogP contribution in [0.2, 0.25) is 0 Å². The summed E-state index contributed by atoms with van der Waals surface area (Å²) in [6, 6.07) is 0. The van der Waals surface area contributed by atoms with Crippen molar-refractivity contribution in [1.82, 2.24) is 5.32 Å². The van der Waals surface area contributed by atoms with Crippen LogP contribution in [-0.4, -0.2) is 12.1 Å².